The Bertz CT molecular complexity index is 1970. The summed E-state index contributed by atoms with van der Waals surface area (Å²) in [6.07, 6.45) is 33.4. The van der Waals surface area contributed by atoms with E-state index in [1.165, 1.54) is 166 Å². The van der Waals surface area contributed by atoms with Crippen LogP contribution in [0, 0.1) is 0 Å². The molecule has 10 nitrogen and oxygen atoms in total. The van der Waals surface area contributed by atoms with Crippen molar-refractivity contribution in [3.63, 3.8) is 0 Å². The maximum atomic E-state index is 12.2. The molecule has 356 valence electrons. The normalized spacial score (nSPS) is 11.4. The van der Waals surface area contributed by atoms with Crippen molar-refractivity contribution in [2.45, 2.75) is 191 Å². The van der Waals surface area contributed by atoms with E-state index in [0.717, 1.165) is 48.9 Å². The average molecular weight is 963 g/mol. The van der Waals surface area contributed by atoms with Crippen molar-refractivity contribution in [3.05, 3.63) is 96.1 Å². The Kier molecular flexibility index (Phi) is 30.1. The van der Waals surface area contributed by atoms with Crippen LogP contribution in [0.5, 0.6) is 34.5 Å². The zero-order valence-corrected chi connectivity index (χ0v) is 43.0. The van der Waals surface area contributed by atoms with Gasteiger partial charge < -0.3 is 24.2 Å². The van der Waals surface area contributed by atoms with Crippen LogP contribution >= 0.6 is 0 Å². The largest absolute Gasteiger partial charge is 2.00 e. The van der Waals surface area contributed by atoms with Crippen molar-refractivity contribution in [2.75, 3.05) is 0 Å². The van der Waals surface area contributed by atoms with Crippen molar-refractivity contribution in [3.8, 4) is 34.5 Å². The fourth-order valence-corrected chi connectivity index (χ4v) is 8.86. The Labute approximate surface area is 421 Å². The molecule has 4 aromatic carbocycles. The number of hydrogen-bond acceptors (Lipinski definition) is 9. The minimum Gasteiger partial charge on any atom is -0.869 e. The van der Waals surface area contributed by atoms with E-state index in [-0.39, 0.29) is 49.2 Å². The number of benzene rings is 4. The van der Waals surface area contributed by atoms with Gasteiger partial charge in [0.2, 0.25) is 0 Å². The molecule has 4 aromatic rings. The third-order valence-corrected chi connectivity index (χ3v) is 13.1. The molecule has 2 N–H and O–H groups in total. The number of ether oxygens (including phenoxy) is 2. The van der Waals surface area contributed by atoms with Crippen LogP contribution in [0.25, 0.3) is 0 Å². The van der Waals surface area contributed by atoms with E-state index in [9.17, 15) is 36.2 Å². The smallest absolute Gasteiger partial charge is 0.869 e. The first kappa shape index (κ1) is 58.3. The van der Waals surface area contributed by atoms with E-state index >= 15 is 0 Å². The summed E-state index contributed by atoms with van der Waals surface area (Å²) in [5.74, 6) is -0.703. The fraction of sp³-hybridized carbons (Fsp3) is 0.538. The summed E-state index contributed by atoms with van der Waals surface area (Å²) in [6.45, 7) is 4.51. The van der Waals surface area contributed by atoms with Gasteiger partial charge in [-0.05, 0) is 91.1 Å². The average Bonchev–Trinajstić information content (AvgIpc) is 3.25. The molecule has 65 heavy (non-hydrogen) atoms. The summed E-state index contributed by atoms with van der Waals surface area (Å²) < 4.78 is 76.7. The van der Waals surface area contributed by atoms with Gasteiger partial charge in [-0.25, -0.2) is 8.42 Å². The molecule has 0 amide bonds. The third kappa shape index (κ3) is 24.7. The van der Waals surface area contributed by atoms with Crippen LogP contribution in [0.4, 0.5) is 0 Å². The SMILES string of the molecule is CCCCCCCCCCCCCCc1cccc(Oc2cccc(S(=O)(=O)O)c2O)c1.CCCCCCCCCCCCCCc1cccc(Oc2cccc(S(=O)(=O)[O-])c2[O-])c1.[Ca+2]. The van der Waals surface area contributed by atoms with Crippen LogP contribution in [0.1, 0.15) is 179 Å². The van der Waals surface area contributed by atoms with Crippen molar-refractivity contribution in [1.82, 2.24) is 0 Å². The van der Waals surface area contributed by atoms with Crippen molar-refractivity contribution >= 4 is 58.0 Å². The molecular weight excluding hydrogens is 889 g/mol. The summed E-state index contributed by atoms with van der Waals surface area (Å²) in [6, 6.07) is 22.7. The first-order valence-electron chi connectivity index (χ1n) is 23.9. The molecule has 0 aliphatic carbocycles. The van der Waals surface area contributed by atoms with Gasteiger partial charge in [0, 0.05) is 0 Å². The Hall–Kier alpha value is -2.84. The number of aryl methyl sites for hydroxylation is 2. The predicted molar refractivity (Wildman–Crippen MR) is 260 cm³/mol. The molecule has 0 unspecified atom stereocenters. The van der Waals surface area contributed by atoms with Gasteiger partial charge in [0.15, 0.2) is 11.5 Å². The van der Waals surface area contributed by atoms with Crippen LogP contribution in [-0.4, -0.2) is 68.8 Å². The van der Waals surface area contributed by atoms with Gasteiger partial charge >= 0.3 is 37.7 Å². The van der Waals surface area contributed by atoms with Crippen molar-refractivity contribution in [2.24, 2.45) is 0 Å². The molecule has 0 bridgehead atoms. The van der Waals surface area contributed by atoms with E-state index in [0.29, 0.717) is 11.5 Å². The number of para-hydroxylation sites is 2. The molecule has 0 saturated carbocycles. The Balaban J connectivity index is 0.000000440. The molecule has 0 radical (unpaired) electrons. The number of phenols is 1. The fourth-order valence-electron chi connectivity index (χ4n) is 7.69. The minimum absolute atomic E-state index is 0. The zero-order valence-electron chi connectivity index (χ0n) is 39.2. The van der Waals surface area contributed by atoms with Gasteiger partial charge in [-0.3, -0.25) is 4.55 Å². The van der Waals surface area contributed by atoms with Crippen LogP contribution in [0.2, 0.25) is 0 Å². The Morgan fingerprint density at radius 3 is 1.20 bits per heavy atom. The summed E-state index contributed by atoms with van der Waals surface area (Å²) in [5.41, 5.74) is 2.25. The molecular formula is C52H74CaO10S2. The number of rotatable bonds is 32. The molecule has 0 fully saturated rings. The molecule has 13 heteroatoms. The monoisotopic (exact) mass is 962 g/mol. The second-order valence-electron chi connectivity index (χ2n) is 16.9. The molecule has 0 spiro atoms. The molecule has 0 saturated heterocycles. The molecule has 0 atom stereocenters. The Morgan fingerprint density at radius 1 is 0.477 bits per heavy atom. The molecule has 0 aromatic heterocycles. The summed E-state index contributed by atoms with van der Waals surface area (Å²) in [4.78, 5) is -1.36. The molecule has 0 aliphatic heterocycles. The minimum atomic E-state index is -4.83. The standard InChI is InChI=1S/2C26H38O5S.Ca/c2*1-2-3-4-5-6-7-8-9-10-11-12-13-16-22-17-14-18-23(21-22)31-24-19-15-20-25(26(24)27)32(28,29)30;/h2*14-15,17-21,27H,2-13,16H2,1H3,(H,28,29,30);/q;;+2/p-2. The maximum Gasteiger partial charge on any atom is 2.00 e. The summed E-state index contributed by atoms with van der Waals surface area (Å²) >= 11 is 0. The van der Waals surface area contributed by atoms with E-state index in [1.54, 1.807) is 12.1 Å². The first-order valence-corrected chi connectivity index (χ1v) is 26.8. The number of phenolic OH excluding ortho intramolecular Hbond substituents is 1. The van der Waals surface area contributed by atoms with Gasteiger partial charge in [0.05, 0.1) is 4.90 Å². The van der Waals surface area contributed by atoms with Gasteiger partial charge in [-0.15, -0.1) is 0 Å². The van der Waals surface area contributed by atoms with Crippen LogP contribution in [0.15, 0.2) is 94.7 Å². The number of unbranched alkanes of at least 4 members (excludes halogenated alkanes) is 22. The van der Waals surface area contributed by atoms with Gasteiger partial charge in [-0.1, -0.05) is 192 Å². The van der Waals surface area contributed by atoms with Crippen molar-refractivity contribution < 1.29 is 45.6 Å². The topological polar surface area (TPSA) is 173 Å². The van der Waals surface area contributed by atoms with Crippen LogP contribution in [-0.2, 0) is 33.1 Å². The van der Waals surface area contributed by atoms with Gasteiger partial charge in [0.25, 0.3) is 10.1 Å². The van der Waals surface area contributed by atoms with Crippen LogP contribution in [0.3, 0.4) is 0 Å². The third-order valence-electron chi connectivity index (χ3n) is 11.3. The number of hydrogen-bond donors (Lipinski definition) is 2. The predicted octanol–water partition coefficient (Wildman–Crippen LogP) is 14.0. The van der Waals surface area contributed by atoms with Crippen molar-refractivity contribution in [1.29, 1.82) is 0 Å². The summed E-state index contributed by atoms with van der Waals surface area (Å²) in [5, 5.41) is 22.3. The van der Waals surface area contributed by atoms with E-state index in [4.69, 9.17) is 9.47 Å². The Morgan fingerprint density at radius 2 is 0.815 bits per heavy atom. The van der Waals surface area contributed by atoms with E-state index < -0.39 is 41.5 Å². The zero-order chi connectivity index (χ0) is 46.5. The second-order valence-corrected chi connectivity index (χ2v) is 19.6. The summed E-state index contributed by atoms with van der Waals surface area (Å²) in [7, 11) is -9.35. The quantitative estimate of drug-likeness (QED) is 0.0272. The molecule has 4 rings (SSSR count). The van der Waals surface area contributed by atoms with Crippen LogP contribution < -0.4 is 14.6 Å². The van der Waals surface area contributed by atoms with E-state index in [1.807, 2.05) is 36.4 Å². The molecule has 0 aliphatic rings. The van der Waals surface area contributed by atoms with Gasteiger partial charge in [0.1, 0.15) is 32.3 Å². The number of aromatic hydroxyl groups is 1. The first-order chi connectivity index (χ1) is 30.8. The maximum absolute atomic E-state index is 12.2. The van der Waals surface area contributed by atoms with E-state index in [2.05, 4.69) is 13.8 Å². The van der Waals surface area contributed by atoms with Gasteiger partial charge in [-0.2, -0.15) is 8.42 Å². The molecule has 0 heterocycles. The second kappa shape index (κ2) is 33.6.